The van der Waals surface area contributed by atoms with Gasteiger partial charge < -0.3 is 15.4 Å². The molecule has 3 rings (SSSR count). The second-order valence-corrected chi connectivity index (χ2v) is 5.88. The second-order valence-electron chi connectivity index (χ2n) is 5.44. The van der Waals surface area contributed by atoms with E-state index in [1.807, 2.05) is 12.1 Å². The highest BCUT2D eigenvalue weighted by atomic mass is 35.5. The molecule has 2 aliphatic heterocycles. The highest BCUT2D eigenvalue weighted by Crippen LogP contribution is 2.32. The third kappa shape index (κ3) is 3.07. The maximum absolute atomic E-state index is 11.3. The fraction of sp³-hybridized carbons (Fsp3) is 0.533. The summed E-state index contributed by atoms with van der Waals surface area (Å²) >= 11 is 6.13. The summed E-state index contributed by atoms with van der Waals surface area (Å²) in [5.41, 5.74) is 2.30. The zero-order chi connectivity index (χ0) is 13.9. The van der Waals surface area contributed by atoms with Crippen LogP contribution < -0.4 is 15.4 Å². The molecule has 5 heteroatoms. The van der Waals surface area contributed by atoms with E-state index < -0.39 is 0 Å². The zero-order valence-electron chi connectivity index (χ0n) is 11.4. The van der Waals surface area contributed by atoms with Crippen LogP contribution in [0.3, 0.4) is 0 Å². The van der Waals surface area contributed by atoms with Crippen molar-refractivity contribution in [2.45, 2.75) is 38.3 Å². The van der Waals surface area contributed by atoms with Crippen molar-refractivity contribution in [2.24, 2.45) is 0 Å². The summed E-state index contributed by atoms with van der Waals surface area (Å²) < 4.78 is 5.68. The van der Waals surface area contributed by atoms with Gasteiger partial charge in [-0.15, -0.1) is 0 Å². The minimum Gasteiger partial charge on any atom is -0.493 e. The Balaban J connectivity index is 1.57. The second kappa shape index (κ2) is 6.02. The molecule has 0 aliphatic carbocycles. The Morgan fingerprint density at radius 1 is 1.40 bits per heavy atom. The van der Waals surface area contributed by atoms with Crippen molar-refractivity contribution in [3.63, 3.8) is 0 Å². The van der Waals surface area contributed by atoms with E-state index in [1.54, 1.807) is 0 Å². The topological polar surface area (TPSA) is 50.4 Å². The summed E-state index contributed by atoms with van der Waals surface area (Å²) in [5, 5.41) is 7.16. The van der Waals surface area contributed by atoms with Gasteiger partial charge in [-0.05, 0) is 30.5 Å². The van der Waals surface area contributed by atoms with Crippen molar-refractivity contribution in [1.29, 1.82) is 0 Å². The average molecular weight is 295 g/mol. The van der Waals surface area contributed by atoms with Crippen molar-refractivity contribution in [3.8, 4) is 5.75 Å². The highest BCUT2D eigenvalue weighted by Gasteiger charge is 2.19. The molecule has 2 aliphatic rings. The number of hydrogen-bond donors (Lipinski definition) is 2. The summed E-state index contributed by atoms with van der Waals surface area (Å²) in [7, 11) is 0. The van der Waals surface area contributed by atoms with Gasteiger partial charge in [0.05, 0.1) is 6.61 Å². The molecule has 2 heterocycles. The normalized spacial score (nSPS) is 21.2. The molecule has 1 fully saturated rings. The van der Waals surface area contributed by atoms with Gasteiger partial charge >= 0.3 is 0 Å². The maximum Gasteiger partial charge on any atom is 0.220 e. The largest absolute Gasteiger partial charge is 0.493 e. The third-order valence-electron chi connectivity index (χ3n) is 3.85. The summed E-state index contributed by atoms with van der Waals surface area (Å²) in [6.07, 6.45) is 3.62. The number of carbonyl (C=O) groups excluding carboxylic acids is 1. The first kappa shape index (κ1) is 13.7. The first-order valence-corrected chi connectivity index (χ1v) is 7.54. The predicted molar refractivity (Wildman–Crippen MR) is 78.1 cm³/mol. The lowest BCUT2D eigenvalue weighted by molar-refractivity contribution is -0.123. The Hall–Kier alpha value is -1.26. The molecule has 1 aromatic carbocycles. The molecule has 2 N–H and O–H groups in total. The van der Waals surface area contributed by atoms with Crippen LogP contribution in [0.25, 0.3) is 0 Å². The number of carbonyl (C=O) groups is 1. The number of fused-ring (bicyclic) bond motifs is 1. The van der Waals surface area contributed by atoms with Crippen molar-refractivity contribution >= 4 is 17.5 Å². The fourth-order valence-electron chi connectivity index (χ4n) is 2.89. The third-order valence-corrected chi connectivity index (χ3v) is 4.07. The first-order valence-electron chi connectivity index (χ1n) is 7.16. The molecular weight excluding hydrogens is 276 g/mol. The Morgan fingerprint density at radius 2 is 2.30 bits per heavy atom. The van der Waals surface area contributed by atoms with E-state index in [0.717, 1.165) is 55.3 Å². The van der Waals surface area contributed by atoms with Crippen molar-refractivity contribution in [2.75, 3.05) is 13.2 Å². The Kier molecular flexibility index (Phi) is 4.13. The van der Waals surface area contributed by atoms with Crippen LogP contribution in [0.5, 0.6) is 5.75 Å². The van der Waals surface area contributed by atoms with E-state index >= 15 is 0 Å². The molecule has 108 valence electrons. The molecule has 0 saturated carbocycles. The number of hydrogen-bond acceptors (Lipinski definition) is 3. The van der Waals surface area contributed by atoms with E-state index in [4.69, 9.17) is 16.3 Å². The van der Waals surface area contributed by atoms with E-state index in [2.05, 4.69) is 10.6 Å². The smallest absolute Gasteiger partial charge is 0.220 e. The zero-order valence-corrected chi connectivity index (χ0v) is 12.1. The number of benzene rings is 1. The van der Waals surface area contributed by atoms with Gasteiger partial charge in [0.25, 0.3) is 0 Å². The lowest BCUT2D eigenvalue weighted by Gasteiger charge is -2.23. The van der Waals surface area contributed by atoms with Crippen LogP contribution in [0.1, 0.15) is 30.4 Å². The summed E-state index contributed by atoms with van der Waals surface area (Å²) in [6.45, 7) is 2.24. The van der Waals surface area contributed by atoms with Crippen molar-refractivity contribution in [3.05, 3.63) is 28.3 Å². The Morgan fingerprint density at radius 3 is 3.15 bits per heavy atom. The summed E-state index contributed by atoms with van der Waals surface area (Å²) in [5.74, 6) is 1.14. The predicted octanol–water partition coefficient (Wildman–Crippen LogP) is 2.03. The molecule has 0 unspecified atom stereocenters. The molecular formula is C15H19ClN2O2. The Bertz CT molecular complexity index is 519. The number of amides is 1. The van der Waals surface area contributed by atoms with Gasteiger partial charge in [-0.2, -0.15) is 0 Å². The van der Waals surface area contributed by atoms with Gasteiger partial charge in [0.1, 0.15) is 5.75 Å². The molecule has 20 heavy (non-hydrogen) atoms. The molecule has 4 nitrogen and oxygen atoms in total. The van der Waals surface area contributed by atoms with Gasteiger partial charge in [-0.1, -0.05) is 11.6 Å². The van der Waals surface area contributed by atoms with Crippen LogP contribution in [0, 0.1) is 0 Å². The molecule has 1 amide bonds. The van der Waals surface area contributed by atoms with E-state index in [9.17, 15) is 4.79 Å². The minimum absolute atomic E-state index is 0.162. The Labute approximate surface area is 123 Å². The van der Waals surface area contributed by atoms with Gasteiger partial charge in [-0.25, -0.2) is 0 Å². The molecule has 1 aromatic rings. The monoisotopic (exact) mass is 294 g/mol. The molecule has 1 saturated heterocycles. The van der Waals surface area contributed by atoms with Crippen molar-refractivity contribution in [1.82, 2.24) is 10.6 Å². The molecule has 0 spiro atoms. The van der Waals surface area contributed by atoms with Gasteiger partial charge in [0.15, 0.2) is 0 Å². The standard InChI is InChI=1S/C15H19ClN2O2/c16-12-6-10-4-5-20-15(10)11(7-12)8-17-9-13-2-1-3-14(19)18-13/h6-7,13,17H,1-5,8-9H2,(H,18,19)/t13-/m1/s1. The van der Waals surface area contributed by atoms with E-state index in [-0.39, 0.29) is 11.9 Å². The van der Waals surface area contributed by atoms with Crippen LogP contribution in [0.15, 0.2) is 12.1 Å². The number of halogens is 1. The number of rotatable bonds is 4. The lowest BCUT2D eigenvalue weighted by Crippen LogP contribution is -2.44. The van der Waals surface area contributed by atoms with Crippen LogP contribution >= 0.6 is 11.6 Å². The summed E-state index contributed by atoms with van der Waals surface area (Å²) in [6, 6.07) is 4.18. The van der Waals surface area contributed by atoms with Crippen LogP contribution in [-0.4, -0.2) is 25.1 Å². The molecule has 0 aromatic heterocycles. The first-order chi connectivity index (χ1) is 9.72. The molecule has 1 atom stereocenters. The van der Waals surface area contributed by atoms with E-state index in [1.165, 1.54) is 5.56 Å². The lowest BCUT2D eigenvalue weighted by atomic mass is 10.0. The van der Waals surface area contributed by atoms with Gasteiger partial charge in [0, 0.05) is 42.6 Å². The van der Waals surface area contributed by atoms with E-state index in [0.29, 0.717) is 6.42 Å². The fourth-order valence-corrected chi connectivity index (χ4v) is 3.16. The quantitative estimate of drug-likeness (QED) is 0.893. The van der Waals surface area contributed by atoms with Gasteiger partial charge in [-0.3, -0.25) is 4.79 Å². The van der Waals surface area contributed by atoms with Crippen molar-refractivity contribution < 1.29 is 9.53 Å². The van der Waals surface area contributed by atoms with Crippen LogP contribution in [0.4, 0.5) is 0 Å². The number of nitrogens with one attached hydrogen (secondary N) is 2. The number of ether oxygens (including phenoxy) is 1. The van der Waals surface area contributed by atoms with Crippen LogP contribution in [0.2, 0.25) is 5.02 Å². The highest BCUT2D eigenvalue weighted by molar-refractivity contribution is 6.30. The minimum atomic E-state index is 0.162. The number of piperidine rings is 1. The summed E-state index contributed by atoms with van der Waals surface area (Å²) in [4.78, 5) is 11.3. The molecule has 0 bridgehead atoms. The van der Waals surface area contributed by atoms with Crippen LogP contribution in [-0.2, 0) is 17.8 Å². The maximum atomic E-state index is 11.3. The molecule has 0 radical (unpaired) electrons. The SMILES string of the molecule is O=C1CCC[C@H](CNCc2cc(Cl)cc3c2OCC3)N1. The van der Waals surface area contributed by atoms with Gasteiger partial charge in [0.2, 0.25) is 5.91 Å². The average Bonchev–Trinajstić information content (AvgIpc) is 2.87.